The van der Waals surface area contributed by atoms with Crippen molar-refractivity contribution in [1.29, 1.82) is 0 Å². The summed E-state index contributed by atoms with van der Waals surface area (Å²) in [5.74, 6) is 1.35. The minimum Gasteiger partial charge on any atom is -0.496 e. The highest BCUT2D eigenvalue weighted by molar-refractivity contribution is 6.42. The molecule has 0 aliphatic heterocycles. The lowest BCUT2D eigenvalue weighted by Crippen LogP contribution is -1.99. The third kappa shape index (κ3) is 5.16. The van der Waals surface area contributed by atoms with E-state index in [0.29, 0.717) is 22.2 Å². The summed E-state index contributed by atoms with van der Waals surface area (Å²) in [6.07, 6.45) is 3.25. The van der Waals surface area contributed by atoms with Crippen LogP contribution in [0.5, 0.6) is 11.5 Å². The van der Waals surface area contributed by atoms with Gasteiger partial charge in [-0.2, -0.15) is 0 Å². The van der Waals surface area contributed by atoms with E-state index in [4.69, 9.17) is 32.7 Å². The molecule has 3 rings (SSSR count). The molecule has 0 aliphatic carbocycles. The van der Waals surface area contributed by atoms with Crippen LogP contribution in [0.4, 0.5) is 0 Å². The van der Waals surface area contributed by atoms with Gasteiger partial charge in [-0.05, 0) is 54.1 Å². The second-order valence-corrected chi connectivity index (χ2v) is 6.81. The molecule has 0 aliphatic rings. The second-order valence-electron chi connectivity index (χ2n) is 6.00. The highest BCUT2D eigenvalue weighted by atomic mass is 35.5. The molecule has 0 fully saturated rings. The SMILES string of the molecule is COc1ccc(/C=C/C(=O)c2ccc(Cl)c(Cl)c2)cc1COc1ccccc1. The number of para-hydroxylation sites is 1. The summed E-state index contributed by atoms with van der Waals surface area (Å²) in [6, 6.07) is 20.0. The number of allylic oxidation sites excluding steroid dienone is 1. The fraction of sp³-hybridized carbons (Fsp3) is 0.0870. The molecule has 0 aromatic heterocycles. The fourth-order valence-corrected chi connectivity index (χ4v) is 2.91. The molecule has 0 spiro atoms. The first kappa shape index (κ1) is 20.0. The molecule has 0 atom stereocenters. The highest BCUT2D eigenvalue weighted by Crippen LogP contribution is 2.24. The molecule has 0 saturated carbocycles. The number of ether oxygens (including phenoxy) is 2. The zero-order valence-electron chi connectivity index (χ0n) is 15.2. The average Bonchev–Trinajstić information content (AvgIpc) is 2.73. The van der Waals surface area contributed by atoms with Crippen LogP contribution in [-0.4, -0.2) is 12.9 Å². The van der Waals surface area contributed by atoms with Crippen molar-refractivity contribution >= 4 is 35.1 Å². The summed E-state index contributed by atoms with van der Waals surface area (Å²) < 4.78 is 11.2. The minimum atomic E-state index is -0.156. The number of benzene rings is 3. The normalized spacial score (nSPS) is 10.8. The number of halogens is 2. The molecule has 0 N–H and O–H groups in total. The predicted molar refractivity (Wildman–Crippen MR) is 114 cm³/mol. The number of hydrogen-bond donors (Lipinski definition) is 0. The van der Waals surface area contributed by atoms with Crippen LogP contribution in [0.15, 0.2) is 72.8 Å². The summed E-state index contributed by atoms with van der Waals surface area (Å²) in [5.41, 5.74) is 2.23. The molecule has 0 radical (unpaired) electrons. The van der Waals surface area contributed by atoms with Crippen LogP contribution >= 0.6 is 23.2 Å². The molecule has 142 valence electrons. The van der Waals surface area contributed by atoms with E-state index in [1.54, 1.807) is 31.4 Å². The van der Waals surface area contributed by atoms with Crippen LogP contribution in [0.1, 0.15) is 21.5 Å². The number of hydrogen-bond acceptors (Lipinski definition) is 3. The third-order valence-corrected chi connectivity index (χ3v) is 4.81. The number of carbonyl (C=O) groups is 1. The zero-order chi connectivity index (χ0) is 19.9. The van der Waals surface area contributed by atoms with Crippen molar-refractivity contribution in [3.8, 4) is 11.5 Å². The van der Waals surface area contributed by atoms with Crippen LogP contribution in [0.25, 0.3) is 6.08 Å². The first-order valence-corrected chi connectivity index (χ1v) is 9.34. The van der Waals surface area contributed by atoms with Crippen LogP contribution in [0.3, 0.4) is 0 Å². The number of ketones is 1. The van der Waals surface area contributed by atoms with Gasteiger partial charge in [-0.1, -0.05) is 53.5 Å². The van der Waals surface area contributed by atoms with Crippen LogP contribution in [-0.2, 0) is 6.61 Å². The predicted octanol–water partition coefficient (Wildman–Crippen LogP) is 6.48. The lowest BCUT2D eigenvalue weighted by molar-refractivity contribution is 0.104. The Hall–Kier alpha value is -2.75. The topological polar surface area (TPSA) is 35.5 Å². The first-order chi connectivity index (χ1) is 13.6. The van der Waals surface area contributed by atoms with Gasteiger partial charge in [-0.25, -0.2) is 0 Å². The van der Waals surface area contributed by atoms with Gasteiger partial charge in [0.1, 0.15) is 18.1 Å². The molecule has 3 nitrogen and oxygen atoms in total. The summed E-state index contributed by atoms with van der Waals surface area (Å²) in [7, 11) is 1.62. The van der Waals surface area contributed by atoms with Gasteiger partial charge in [0, 0.05) is 11.1 Å². The number of rotatable bonds is 7. The minimum absolute atomic E-state index is 0.156. The Morgan fingerprint density at radius 3 is 2.46 bits per heavy atom. The van der Waals surface area contributed by atoms with E-state index in [0.717, 1.165) is 22.6 Å². The Labute approximate surface area is 174 Å². The molecule has 28 heavy (non-hydrogen) atoms. The van der Waals surface area contributed by atoms with Crippen molar-refractivity contribution in [2.45, 2.75) is 6.61 Å². The van der Waals surface area contributed by atoms with Crippen molar-refractivity contribution < 1.29 is 14.3 Å². The van der Waals surface area contributed by atoms with Crippen molar-refractivity contribution in [1.82, 2.24) is 0 Å². The lowest BCUT2D eigenvalue weighted by Gasteiger charge is -2.11. The molecule has 0 unspecified atom stereocenters. The molecular formula is C23H18Cl2O3. The van der Waals surface area contributed by atoms with Gasteiger partial charge in [0.05, 0.1) is 17.2 Å². The molecule has 0 amide bonds. The Balaban J connectivity index is 1.75. The van der Waals surface area contributed by atoms with E-state index >= 15 is 0 Å². The lowest BCUT2D eigenvalue weighted by atomic mass is 10.1. The van der Waals surface area contributed by atoms with E-state index in [1.807, 2.05) is 48.5 Å². The van der Waals surface area contributed by atoms with Gasteiger partial charge >= 0.3 is 0 Å². The maximum atomic E-state index is 12.4. The second kappa shape index (κ2) is 9.45. The quantitative estimate of drug-likeness (QED) is 0.329. The smallest absolute Gasteiger partial charge is 0.185 e. The molecule has 3 aromatic carbocycles. The molecular weight excluding hydrogens is 395 g/mol. The standard InChI is InChI=1S/C23H18Cl2O3/c1-27-23-12-8-16(13-18(23)15-28-19-5-3-2-4-6-19)7-11-22(26)17-9-10-20(24)21(25)14-17/h2-14H,15H2,1H3/b11-7+. The van der Waals surface area contributed by atoms with Gasteiger partial charge < -0.3 is 9.47 Å². The van der Waals surface area contributed by atoms with Crippen molar-refractivity contribution in [2.75, 3.05) is 7.11 Å². The Morgan fingerprint density at radius 2 is 1.75 bits per heavy atom. The van der Waals surface area contributed by atoms with Gasteiger partial charge in [-0.15, -0.1) is 0 Å². The molecule has 0 bridgehead atoms. The van der Waals surface area contributed by atoms with E-state index in [1.165, 1.54) is 6.08 Å². The van der Waals surface area contributed by atoms with E-state index in [2.05, 4.69) is 0 Å². The van der Waals surface area contributed by atoms with Crippen LogP contribution < -0.4 is 9.47 Å². The summed E-state index contributed by atoms with van der Waals surface area (Å²) in [6.45, 7) is 0.357. The Kier molecular flexibility index (Phi) is 6.75. The molecule has 3 aromatic rings. The maximum Gasteiger partial charge on any atom is 0.185 e. The van der Waals surface area contributed by atoms with Crippen molar-refractivity contribution in [3.63, 3.8) is 0 Å². The summed E-state index contributed by atoms with van der Waals surface area (Å²) in [4.78, 5) is 12.4. The van der Waals surface area contributed by atoms with Crippen LogP contribution in [0.2, 0.25) is 10.0 Å². The van der Waals surface area contributed by atoms with Crippen molar-refractivity contribution in [3.05, 3.63) is 99.5 Å². The Bertz CT molecular complexity index is 998. The Morgan fingerprint density at radius 1 is 0.964 bits per heavy atom. The van der Waals surface area contributed by atoms with Gasteiger partial charge in [0.2, 0.25) is 0 Å². The van der Waals surface area contributed by atoms with Gasteiger partial charge in [0.25, 0.3) is 0 Å². The molecule has 0 heterocycles. The maximum absolute atomic E-state index is 12.4. The summed E-state index contributed by atoms with van der Waals surface area (Å²) in [5, 5.41) is 0.770. The summed E-state index contributed by atoms with van der Waals surface area (Å²) >= 11 is 11.9. The van der Waals surface area contributed by atoms with E-state index in [-0.39, 0.29) is 5.78 Å². The largest absolute Gasteiger partial charge is 0.496 e. The van der Waals surface area contributed by atoms with E-state index in [9.17, 15) is 4.79 Å². The zero-order valence-corrected chi connectivity index (χ0v) is 16.7. The molecule has 0 saturated heterocycles. The van der Waals surface area contributed by atoms with Gasteiger partial charge in [0.15, 0.2) is 5.78 Å². The fourth-order valence-electron chi connectivity index (χ4n) is 2.61. The molecule has 5 heteroatoms. The first-order valence-electron chi connectivity index (χ1n) is 8.59. The van der Waals surface area contributed by atoms with Crippen LogP contribution in [0, 0.1) is 0 Å². The highest BCUT2D eigenvalue weighted by Gasteiger charge is 2.07. The third-order valence-electron chi connectivity index (χ3n) is 4.07. The number of carbonyl (C=O) groups excluding carboxylic acids is 1. The van der Waals surface area contributed by atoms with Crippen molar-refractivity contribution in [2.24, 2.45) is 0 Å². The van der Waals surface area contributed by atoms with E-state index < -0.39 is 0 Å². The average molecular weight is 413 g/mol. The number of methoxy groups -OCH3 is 1. The van der Waals surface area contributed by atoms with Gasteiger partial charge in [-0.3, -0.25) is 4.79 Å². The monoisotopic (exact) mass is 412 g/mol.